The van der Waals surface area contributed by atoms with Gasteiger partial charge in [0.15, 0.2) is 0 Å². The fourth-order valence-electron chi connectivity index (χ4n) is 3.45. The molecule has 3 rings (SSSR count). The Kier molecular flexibility index (Phi) is 4.37. The van der Waals surface area contributed by atoms with Gasteiger partial charge in [-0.25, -0.2) is 4.79 Å². The molecule has 0 radical (unpaired) electrons. The van der Waals surface area contributed by atoms with Crippen LogP contribution in [0.5, 0.6) is 0 Å². The van der Waals surface area contributed by atoms with Crippen LogP contribution in [0.25, 0.3) is 0 Å². The van der Waals surface area contributed by atoms with Gasteiger partial charge in [-0.15, -0.1) is 0 Å². The third kappa shape index (κ3) is 4.05. The number of ether oxygens (including phenoxy) is 1. The Morgan fingerprint density at radius 3 is 2.78 bits per heavy atom. The van der Waals surface area contributed by atoms with Crippen molar-refractivity contribution in [2.24, 2.45) is 5.92 Å². The molecule has 0 aromatic heterocycles. The van der Waals surface area contributed by atoms with Crippen LogP contribution in [0.4, 0.5) is 10.5 Å². The Morgan fingerprint density at radius 2 is 2.13 bits per heavy atom. The van der Waals surface area contributed by atoms with Crippen LogP contribution in [0.3, 0.4) is 0 Å². The molecule has 4 heteroatoms. The van der Waals surface area contributed by atoms with Crippen molar-refractivity contribution >= 4 is 11.8 Å². The Hall–Kier alpha value is -1.55. The molecule has 1 saturated carbocycles. The number of fused-ring (bicyclic) bond motifs is 1. The number of amides is 1. The minimum absolute atomic E-state index is 0.395. The van der Waals surface area contributed by atoms with E-state index in [1.807, 2.05) is 26.8 Å². The molecule has 1 amide bonds. The molecule has 0 heterocycles. The van der Waals surface area contributed by atoms with Gasteiger partial charge in [0.25, 0.3) is 0 Å². The van der Waals surface area contributed by atoms with Crippen molar-refractivity contribution < 1.29 is 9.53 Å². The zero-order valence-electron chi connectivity index (χ0n) is 14.6. The lowest BCUT2D eigenvalue weighted by Crippen LogP contribution is -2.27. The van der Waals surface area contributed by atoms with Crippen LogP contribution in [0, 0.1) is 5.92 Å². The third-order valence-electron chi connectivity index (χ3n) is 4.73. The number of anilines is 1. The van der Waals surface area contributed by atoms with E-state index in [9.17, 15) is 4.79 Å². The number of carbonyl (C=O) groups is 1. The van der Waals surface area contributed by atoms with Crippen LogP contribution in [0.2, 0.25) is 0 Å². The van der Waals surface area contributed by atoms with E-state index in [2.05, 4.69) is 29.7 Å². The van der Waals surface area contributed by atoms with Gasteiger partial charge in [-0.2, -0.15) is 0 Å². The summed E-state index contributed by atoms with van der Waals surface area (Å²) in [5.41, 5.74) is 3.07. The summed E-state index contributed by atoms with van der Waals surface area (Å²) in [4.78, 5) is 11.9. The van der Waals surface area contributed by atoms with Crippen molar-refractivity contribution in [2.45, 2.75) is 71.1 Å². The molecule has 23 heavy (non-hydrogen) atoms. The van der Waals surface area contributed by atoms with Crippen molar-refractivity contribution in [3.05, 3.63) is 29.3 Å². The summed E-state index contributed by atoms with van der Waals surface area (Å²) >= 11 is 0. The van der Waals surface area contributed by atoms with E-state index in [4.69, 9.17) is 4.74 Å². The second kappa shape index (κ2) is 6.16. The molecule has 0 saturated heterocycles. The Balaban J connectivity index is 1.61. The van der Waals surface area contributed by atoms with Gasteiger partial charge in [0.1, 0.15) is 5.60 Å². The van der Waals surface area contributed by atoms with Crippen LogP contribution in [-0.2, 0) is 11.2 Å². The number of benzene rings is 1. The highest BCUT2D eigenvalue weighted by molar-refractivity contribution is 5.85. The van der Waals surface area contributed by atoms with Gasteiger partial charge in [-0.05, 0) is 69.2 Å². The number of hydrogen-bond donors (Lipinski definition) is 2. The van der Waals surface area contributed by atoms with Crippen molar-refractivity contribution in [1.82, 2.24) is 5.32 Å². The Bertz CT molecular complexity index is 592. The normalized spacial score (nSPS) is 25.8. The van der Waals surface area contributed by atoms with E-state index in [1.54, 1.807) is 0 Å². The molecule has 2 N–H and O–H groups in total. The van der Waals surface area contributed by atoms with E-state index in [1.165, 1.54) is 24.0 Å². The summed E-state index contributed by atoms with van der Waals surface area (Å²) in [5.74, 6) is 0.868. The minimum atomic E-state index is -0.476. The van der Waals surface area contributed by atoms with Crippen molar-refractivity contribution in [1.29, 1.82) is 0 Å². The van der Waals surface area contributed by atoms with Gasteiger partial charge in [0, 0.05) is 17.8 Å². The lowest BCUT2D eigenvalue weighted by Gasteiger charge is -2.20. The molecule has 1 aromatic carbocycles. The summed E-state index contributed by atoms with van der Waals surface area (Å²) in [6.45, 7) is 7.87. The highest BCUT2D eigenvalue weighted by Crippen LogP contribution is 2.39. The van der Waals surface area contributed by atoms with Crippen molar-refractivity contribution in [3.8, 4) is 0 Å². The van der Waals surface area contributed by atoms with Crippen LogP contribution in [0.1, 0.15) is 64.1 Å². The molecule has 1 fully saturated rings. The van der Waals surface area contributed by atoms with Gasteiger partial charge >= 0.3 is 6.09 Å². The zero-order valence-corrected chi connectivity index (χ0v) is 14.6. The highest BCUT2D eigenvalue weighted by Gasteiger charge is 2.38. The van der Waals surface area contributed by atoms with Crippen LogP contribution >= 0.6 is 0 Å². The topological polar surface area (TPSA) is 50.4 Å². The lowest BCUT2D eigenvalue weighted by atomic mass is 10.1. The van der Waals surface area contributed by atoms with Crippen LogP contribution < -0.4 is 10.6 Å². The number of carbonyl (C=O) groups excluding carboxylic acids is 1. The van der Waals surface area contributed by atoms with Gasteiger partial charge in [-0.3, -0.25) is 5.32 Å². The molecular formula is C19H28N2O2. The molecule has 0 bridgehead atoms. The fraction of sp³-hybridized carbons (Fsp3) is 0.632. The SMILES string of the molecule is CCC1CC1NC1CCc2cc(NC(=O)OC(C)(C)C)ccc21. The average Bonchev–Trinajstić information content (AvgIpc) is 3.08. The maximum absolute atomic E-state index is 11.9. The molecule has 2 aliphatic carbocycles. The molecule has 1 aromatic rings. The average molecular weight is 316 g/mol. The predicted octanol–water partition coefficient (Wildman–Crippen LogP) is 4.41. The number of nitrogens with one attached hydrogen (secondary N) is 2. The van der Waals surface area contributed by atoms with Crippen molar-refractivity contribution in [3.63, 3.8) is 0 Å². The van der Waals surface area contributed by atoms with Crippen LogP contribution in [-0.4, -0.2) is 17.7 Å². The maximum Gasteiger partial charge on any atom is 0.412 e. The van der Waals surface area contributed by atoms with Gasteiger partial charge in [-0.1, -0.05) is 19.4 Å². The van der Waals surface area contributed by atoms with Gasteiger partial charge in [0.2, 0.25) is 0 Å². The molecular weight excluding hydrogens is 288 g/mol. The third-order valence-corrected chi connectivity index (χ3v) is 4.73. The van der Waals surface area contributed by atoms with Gasteiger partial charge < -0.3 is 10.1 Å². The second-order valence-electron chi connectivity index (χ2n) is 7.81. The molecule has 0 spiro atoms. The molecule has 3 atom stereocenters. The quantitative estimate of drug-likeness (QED) is 0.865. The highest BCUT2D eigenvalue weighted by atomic mass is 16.6. The van der Waals surface area contributed by atoms with E-state index >= 15 is 0 Å². The predicted molar refractivity (Wildman–Crippen MR) is 92.7 cm³/mol. The van der Waals surface area contributed by atoms with E-state index in [0.717, 1.165) is 24.4 Å². The van der Waals surface area contributed by atoms with E-state index in [-0.39, 0.29) is 0 Å². The molecule has 4 nitrogen and oxygen atoms in total. The first kappa shape index (κ1) is 16.3. The molecule has 0 aliphatic heterocycles. The Labute approximate surface area is 139 Å². The summed E-state index contributed by atoms with van der Waals surface area (Å²) in [6.07, 6.45) is 4.42. The number of hydrogen-bond acceptors (Lipinski definition) is 3. The van der Waals surface area contributed by atoms with Crippen molar-refractivity contribution in [2.75, 3.05) is 5.32 Å². The molecule has 2 aliphatic rings. The first-order valence-electron chi connectivity index (χ1n) is 8.74. The lowest BCUT2D eigenvalue weighted by molar-refractivity contribution is 0.0636. The first-order valence-corrected chi connectivity index (χ1v) is 8.74. The fourth-order valence-corrected chi connectivity index (χ4v) is 3.45. The summed E-state index contributed by atoms with van der Waals surface area (Å²) in [7, 11) is 0. The molecule has 126 valence electrons. The molecule has 3 unspecified atom stereocenters. The number of aryl methyl sites for hydroxylation is 1. The standard InChI is InChI=1S/C19H28N2O2/c1-5-12-11-17(12)21-16-9-6-13-10-14(7-8-15(13)16)20-18(22)23-19(2,3)4/h7-8,10,12,16-17,21H,5-6,9,11H2,1-4H3,(H,20,22). The van der Waals surface area contributed by atoms with E-state index in [0.29, 0.717) is 12.1 Å². The first-order chi connectivity index (χ1) is 10.9. The summed E-state index contributed by atoms with van der Waals surface area (Å²) < 4.78 is 5.30. The van der Waals surface area contributed by atoms with Gasteiger partial charge in [0.05, 0.1) is 0 Å². The minimum Gasteiger partial charge on any atom is -0.444 e. The number of rotatable bonds is 4. The summed E-state index contributed by atoms with van der Waals surface area (Å²) in [6, 6.07) is 7.39. The van der Waals surface area contributed by atoms with Crippen LogP contribution in [0.15, 0.2) is 18.2 Å². The Morgan fingerprint density at radius 1 is 1.35 bits per heavy atom. The maximum atomic E-state index is 11.9. The monoisotopic (exact) mass is 316 g/mol. The smallest absolute Gasteiger partial charge is 0.412 e. The zero-order chi connectivity index (χ0) is 16.6. The van der Waals surface area contributed by atoms with E-state index < -0.39 is 11.7 Å². The largest absolute Gasteiger partial charge is 0.444 e. The second-order valence-corrected chi connectivity index (χ2v) is 7.81. The summed E-state index contributed by atoms with van der Waals surface area (Å²) in [5, 5.41) is 6.62.